The van der Waals surface area contributed by atoms with Crippen LogP contribution < -0.4 is 5.32 Å². The van der Waals surface area contributed by atoms with Crippen molar-refractivity contribution in [3.63, 3.8) is 0 Å². The normalized spacial score (nSPS) is 18.4. The largest absolute Gasteiger partial charge is 0.310 e. The van der Waals surface area contributed by atoms with Crippen LogP contribution in [0.25, 0.3) is 0 Å². The third-order valence-corrected chi connectivity index (χ3v) is 5.38. The van der Waals surface area contributed by atoms with Crippen LogP contribution in [0, 0.1) is 5.92 Å². The van der Waals surface area contributed by atoms with E-state index in [1.54, 1.807) is 0 Å². The molecule has 1 saturated carbocycles. The van der Waals surface area contributed by atoms with Gasteiger partial charge < -0.3 is 5.32 Å². The van der Waals surface area contributed by atoms with Gasteiger partial charge in [0.15, 0.2) is 0 Å². The molecule has 102 valence electrons. The maximum Gasteiger partial charge on any atom is 0.0991 e. The summed E-state index contributed by atoms with van der Waals surface area (Å²) in [5.74, 6) is 0.987. The first kappa shape index (κ1) is 14.6. The molecule has 0 saturated heterocycles. The van der Waals surface area contributed by atoms with Crippen LogP contribution in [0.3, 0.4) is 0 Å². The summed E-state index contributed by atoms with van der Waals surface area (Å²) in [7, 11) is 0. The van der Waals surface area contributed by atoms with Gasteiger partial charge in [-0.15, -0.1) is 11.3 Å². The minimum atomic E-state index is 0.296. The lowest BCUT2D eigenvalue weighted by Crippen LogP contribution is -2.20. The summed E-state index contributed by atoms with van der Waals surface area (Å²) >= 11 is 13.6. The summed E-state index contributed by atoms with van der Waals surface area (Å²) in [6.45, 7) is 3.22. The third-order valence-electron chi connectivity index (χ3n) is 3.86. The molecule has 0 amide bonds. The summed E-state index contributed by atoms with van der Waals surface area (Å²) in [4.78, 5) is 0. The molecular weight excluding hydrogens is 285 g/mol. The molecule has 1 aromatic rings. The Balaban J connectivity index is 1.68. The van der Waals surface area contributed by atoms with E-state index in [0.29, 0.717) is 6.04 Å². The van der Waals surface area contributed by atoms with Gasteiger partial charge >= 0.3 is 0 Å². The average Bonchev–Trinajstić information content (AvgIpc) is 2.94. The molecule has 2 rings (SSSR count). The quantitative estimate of drug-likeness (QED) is 0.667. The molecule has 1 nitrogen and oxygen atoms in total. The zero-order valence-corrected chi connectivity index (χ0v) is 13.2. The van der Waals surface area contributed by atoms with E-state index in [4.69, 9.17) is 23.2 Å². The Morgan fingerprint density at radius 2 is 2.11 bits per heavy atom. The minimum absolute atomic E-state index is 0.296. The molecule has 1 aliphatic carbocycles. The first-order valence-corrected chi connectivity index (χ1v) is 8.42. The van der Waals surface area contributed by atoms with Crippen molar-refractivity contribution in [3.8, 4) is 0 Å². The maximum absolute atomic E-state index is 6.15. The number of hydrogen-bond donors (Lipinski definition) is 1. The Labute approximate surface area is 124 Å². The predicted molar refractivity (Wildman–Crippen MR) is 81.9 cm³/mol. The summed E-state index contributed by atoms with van der Waals surface area (Å²) in [6.07, 6.45) is 8.42. The van der Waals surface area contributed by atoms with Crippen molar-refractivity contribution in [1.29, 1.82) is 0 Å². The lowest BCUT2D eigenvalue weighted by molar-refractivity contribution is 0.456. The molecule has 1 atom stereocenters. The van der Waals surface area contributed by atoms with Gasteiger partial charge in [-0.1, -0.05) is 48.9 Å². The van der Waals surface area contributed by atoms with E-state index in [-0.39, 0.29) is 0 Å². The van der Waals surface area contributed by atoms with Crippen LogP contribution in [0.1, 0.15) is 57.1 Å². The second-order valence-corrected chi connectivity index (χ2v) is 7.53. The molecular formula is C14H21Cl2NS. The minimum Gasteiger partial charge on any atom is -0.310 e. The number of nitrogens with one attached hydrogen (secondary N) is 1. The Kier molecular flexibility index (Phi) is 5.81. The van der Waals surface area contributed by atoms with Gasteiger partial charge in [-0.2, -0.15) is 0 Å². The molecule has 4 heteroatoms. The smallest absolute Gasteiger partial charge is 0.0991 e. The Bertz CT molecular complexity index is 372. The van der Waals surface area contributed by atoms with E-state index in [9.17, 15) is 0 Å². The third kappa shape index (κ3) is 4.12. The SMILES string of the molecule is CC(NCCCC1CCCC1)c1cc(Cl)sc1Cl. The monoisotopic (exact) mass is 305 g/mol. The van der Waals surface area contributed by atoms with Gasteiger partial charge in [-0.05, 0) is 43.9 Å². The highest BCUT2D eigenvalue weighted by molar-refractivity contribution is 7.20. The number of hydrogen-bond acceptors (Lipinski definition) is 2. The summed E-state index contributed by atoms with van der Waals surface area (Å²) < 4.78 is 1.59. The van der Waals surface area contributed by atoms with Crippen molar-refractivity contribution in [3.05, 3.63) is 20.3 Å². The first-order chi connectivity index (χ1) is 8.66. The number of thiophene rings is 1. The van der Waals surface area contributed by atoms with Crippen molar-refractivity contribution in [2.24, 2.45) is 5.92 Å². The fourth-order valence-corrected chi connectivity index (χ4v) is 4.41. The molecule has 1 aromatic heterocycles. The molecule has 1 fully saturated rings. The summed E-state index contributed by atoms with van der Waals surface area (Å²) in [6, 6.07) is 2.27. The van der Waals surface area contributed by atoms with E-state index in [2.05, 4.69) is 12.2 Å². The molecule has 0 spiro atoms. The molecule has 1 heterocycles. The van der Waals surface area contributed by atoms with Crippen LogP contribution in [-0.2, 0) is 0 Å². The molecule has 0 bridgehead atoms. The molecule has 0 radical (unpaired) electrons. The van der Waals surface area contributed by atoms with Crippen molar-refractivity contribution in [2.45, 2.75) is 51.5 Å². The van der Waals surface area contributed by atoms with Crippen LogP contribution in [0.5, 0.6) is 0 Å². The van der Waals surface area contributed by atoms with Crippen LogP contribution in [0.15, 0.2) is 6.07 Å². The second-order valence-electron chi connectivity index (χ2n) is 5.25. The van der Waals surface area contributed by atoms with E-state index in [1.807, 2.05) is 6.07 Å². The van der Waals surface area contributed by atoms with Crippen LogP contribution >= 0.6 is 34.5 Å². The highest BCUT2D eigenvalue weighted by Crippen LogP contribution is 2.35. The average molecular weight is 306 g/mol. The van der Waals surface area contributed by atoms with Gasteiger partial charge in [0, 0.05) is 6.04 Å². The van der Waals surface area contributed by atoms with E-state index >= 15 is 0 Å². The second kappa shape index (κ2) is 7.14. The van der Waals surface area contributed by atoms with Gasteiger partial charge in [0.2, 0.25) is 0 Å². The van der Waals surface area contributed by atoms with Crippen molar-refractivity contribution in [2.75, 3.05) is 6.54 Å². The van der Waals surface area contributed by atoms with E-state index < -0.39 is 0 Å². The number of rotatable bonds is 6. The molecule has 1 N–H and O–H groups in total. The molecule has 18 heavy (non-hydrogen) atoms. The highest BCUT2D eigenvalue weighted by atomic mass is 35.5. The van der Waals surface area contributed by atoms with Crippen molar-refractivity contribution >= 4 is 34.5 Å². The van der Waals surface area contributed by atoms with Crippen molar-refractivity contribution < 1.29 is 0 Å². The van der Waals surface area contributed by atoms with Gasteiger partial charge in [0.05, 0.1) is 8.67 Å². The fourth-order valence-electron chi connectivity index (χ4n) is 2.77. The van der Waals surface area contributed by atoms with Gasteiger partial charge in [0.25, 0.3) is 0 Å². The molecule has 0 aliphatic heterocycles. The highest BCUT2D eigenvalue weighted by Gasteiger charge is 2.15. The lowest BCUT2D eigenvalue weighted by Gasteiger charge is -2.14. The van der Waals surface area contributed by atoms with E-state index in [1.165, 1.54) is 49.9 Å². The standard InChI is InChI=1S/C14H21Cl2NS/c1-10(12-9-13(15)18-14(12)16)17-8-4-7-11-5-2-3-6-11/h9-11,17H,2-8H2,1H3. The predicted octanol–water partition coefficient (Wildman–Crippen LogP) is 5.68. The van der Waals surface area contributed by atoms with Crippen LogP contribution in [0.4, 0.5) is 0 Å². The molecule has 1 aliphatic rings. The zero-order chi connectivity index (χ0) is 13.0. The fraction of sp³-hybridized carbons (Fsp3) is 0.714. The Hall–Kier alpha value is 0.240. The van der Waals surface area contributed by atoms with Gasteiger partial charge in [-0.3, -0.25) is 0 Å². The van der Waals surface area contributed by atoms with Gasteiger partial charge in [-0.25, -0.2) is 0 Å². The van der Waals surface area contributed by atoms with Crippen LogP contribution in [0.2, 0.25) is 8.67 Å². The van der Waals surface area contributed by atoms with Gasteiger partial charge in [0.1, 0.15) is 0 Å². The zero-order valence-electron chi connectivity index (χ0n) is 10.8. The topological polar surface area (TPSA) is 12.0 Å². The van der Waals surface area contributed by atoms with Crippen LogP contribution in [-0.4, -0.2) is 6.54 Å². The molecule has 1 unspecified atom stereocenters. The lowest BCUT2D eigenvalue weighted by atomic mass is 10.0. The first-order valence-electron chi connectivity index (χ1n) is 6.85. The summed E-state index contributed by atoms with van der Waals surface area (Å²) in [5, 5.41) is 3.54. The Morgan fingerprint density at radius 3 is 2.72 bits per heavy atom. The molecule has 0 aromatic carbocycles. The maximum atomic E-state index is 6.15. The Morgan fingerprint density at radius 1 is 1.39 bits per heavy atom. The van der Waals surface area contributed by atoms with E-state index in [0.717, 1.165) is 26.7 Å². The summed E-state index contributed by atoms with van der Waals surface area (Å²) in [5.41, 5.74) is 1.13. The number of halogens is 2. The van der Waals surface area contributed by atoms with Crippen molar-refractivity contribution in [1.82, 2.24) is 5.32 Å².